The summed E-state index contributed by atoms with van der Waals surface area (Å²) in [7, 11) is -3.23. The zero-order valence-corrected chi connectivity index (χ0v) is 11.0. The Bertz CT molecular complexity index is 553. The number of hydrogen-bond acceptors (Lipinski definition) is 4. The lowest BCUT2D eigenvalue weighted by Crippen LogP contribution is -2.20. The van der Waals surface area contributed by atoms with Crippen molar-refractivity contribution >= 4 is 15.6 Å². The maximum Gasteiger partial charge on any atom is 0.178 e. The van der Waals surface area contributed by atoms with Crippen LogP contribution in [0.5, 0.6) is 0 Å². The van der Waals surface area contributed by atoms with Crippen LogP contribution in [-0.4, -0.2) is 31.7 Å². The van der Waals surface area contributed by atoms with Gasteiger partial charge in [0.2, 0.25) is 0 Å². The summed E-state index contributed by atoms with van der Waals surface area (Å²) in [5.74, 6) is -0.0496. The molecule has 0 unspecified atom stereocenters. The largest absolute Gasteiger partial charge is 0.395 e. The molecule has 0 atom stereocenters. The van der Waals surface area contributed by atoms with Gasteiger partial charge < -0.3 is 5.11 Å². The van der Waals surface area contributed by atoms with Crippen molar-refractivity contribution in [3.05, 3.63) is 29.8 Å². The third-order valence-electron chi connectivity index (χ3n) is 3.49. The number of carbonyl (C=O) groups is 1. The Labute approximate surface area is 107 Å². The molecule has 1 aliphatic carbocycles. The number of carbonyl (C=O) groups excluding carboxylic acids is 1. The molecule has 1 saturated carbocycles. The van der Waals surface area contributed by atoms with Gasteiger partial charge in [-0.15, -0.1) is 0 Å². The topological polar surface area (TPSA) is 71.4 Å². The summed E-state index contributed by atoms with van der Waals surface area (Å²) in [5, 5.41) is 9.19. The second-order valence-electron chi connectivity index (χ2n) is 4.70. The Hall–Kier alpha value is -1.20. The lowest BCUT2D eigenvalue weighted by Gasteiger charge is -2.10. The van der Waals surface area contributed by atoms with Gasteiger partial charge in [-0.25, -0.2) is 8.42 Å². The van der Waals surface area contributed by atoms with Gasteiger partial charge in [-0.3, -0.25) is 4.79 Å². The monoisotopic (exact) mass is 268 g/mol. The summed E-state index contributed by atoms with van der Waals surface area (Å²) in [6.07, 6.45) is 1.41. The predicted molar refractivity (Wildman–Crippen MR) is 67.3 cm³/mol. The fraction of sp³-hybridized carbons (Fsp3) is 0.462. The Morgan fingerprint density at radius 2 is 1.83 bits per heavy atom. The van der Waals surface area contributed by atoms with Gasteiger partial charge in [-0.1, -0.05) is 19.1 Å². The van der Waals surface area contributed by atoms with Crippen LogP contribution in [-0.2, 0) is 9.84 Å². The molecule has 1 aromatic rings. The van der Waals surface area contributed by atoms with E-state index in [0.717, 1.165) is 0 Å². The van der Waals surface area contributed by atoms with Crippen molar-refractivity contribution in [2.24, 2.45) is 5.41 Å². The van der Waals surface area contributed by atoms with Crippen molar-refractivity contribution < 1.29 is 18.3 Å². The summed E-state index contributed by atoms with van der Waals surface area (Å²) < 4.78 is 23.2. The first kappa shape index (κ1) is 13.2. The van der Waals surface area contributed by atoms with Crippen molar-refractivity contribution in [3.63, 3.8) is 0 Å². The smallest absolute Gasteiger partial charge is 0.178 e. The molecule has 1 fully saturated rings. The molecule has 0 radical (unpaired) electrons. The van der Waals surface area contributed by atoms with Crippen molar-refractivity contribution in [2.75, 3.05) is 12.4 Å². The normalized spacial score (nSPS) is 17.4. The third kappa shape index (κ3) is 2.20. The average molecular weight is 268 g/mol. The molecule has 18 heavy (non-hydrogen) atoms. The molecule has 0 aromatic heterocycles. The average Bonchev–Trinajstić information content (AvgIpc) is 3.19. The molecule has 0 amide bonds. The SMILES string of the molecule is CCS(=O)(=O)c1ccc(C(=O)C2(CO)CC2)cc1. The number of aliphatic hydroxyl groups is 1. The molecule has 0 aliphatic heterocycles. The van der Waals surface area contributed by atoms with E-state index >= 15 is 0 Å². The molecule has 0 bridgehead atoms. The maximum atomic E-state index is 12.1. The number of Topliss-reactive ketones (excluding diaryl/α,β-unsaturated/α-hetero) is 1. The van der Waals surface area contributed by atoms with E-state index in [1.165, 1.54) is 24.3 Å². The minimum atomic E-state index is -3.23. The second kappa shape index (κ2) is 4.48. The van der Waals surface area contributed by atoms with E-state index in [0.29, 0.717) is 18.4 Å². The van der Waals surface area contributed by atoms with E-state index < -0.39 is 15.3 Å². The summed E-state index contributed by atoms with van der Waals surface area (Å²) in [4.78, 5) is 12.3. The Morgan fingerprint density at radius 1 is 1.28 bits per heavy atom. The molecule has 0 heterocycles. The van der Waals surface area contributed by atoms with E-state index in [1.807, 2.05) is 0 Å². The summed E-state index contributed by atoms with van der Waals surface area (Å²) in [5.41, 5.74) is -0.137. The van der Waals surface area contributed by atoms with Crippen LogP contribution in [0.4, 0.5) is 0 Å². The fourth-order valence-electron chi connectivity index (χ4n) is 1.89. The summed E-state index contributed by atoms with van der Waals surface area (Å²) in [6.45, 7) is 1.44. The lowest BCUT2D eigenvalue weighted by molar-refractivity contribution is 0.0829. The molecular weight excluding hydrogens is 252 g/mol. The minimum Gasteiger partial charge on any atom is -0.395 e. The molecular formula is C13H16O4S. The van der Waals surface area contributed by atoms with Crippen molar-refractivity contribution in [3.8, 4) is 0 Å². The number of rotatable bonds is 5. The van der Waals surface area contributed by atoms with Crippen molar-refractivity contribution in [2.45, 2.75) is 24.7 Å². The van der Waals surface area contributed by atoms with Gasteiger partial charge in [0.05, 0.1) is 22.7 Å². The Balaban J connectivity index is 2.26. The van der Waals surface area contributed by atoms with Crippen LogP contribution in [0.25, 0.3) is 0 Å². The number of sulfone groups is 1. The molecule has 1 N–H and O–H groups in total. The minimum absolute atomic E-state index is 0.0425. The number of aliphatic hydroxyl groups excluding tert-OH is 1. The fourth-order valence-corrected chi connectivity index (χ4v) is 2.78. The van der Waals surface area contributed by atoms with Crippen LogP contribution in [0, 0.1) is 5.41 Å². The van der Waals surface area contributed by atoms with E-state index in [-0.39, 0.29) is 23.0 Å². The number of hydrogen-bond donors (Lipinski definition) is 1. The Kier molecular flexibility index (Phi) is 3.29. The van der Waals surface area contributed by atoms with Gasteiger partial charge in [0.15, 0.2) is 15.6 Å². The van der Waals surface area contributed by atoms with Crippen LogP contribution in [0.3, 0.4) is 0 Å². The zero-order chi connectivity index (χ0) is 13.4. The zero-order valence-electron chi connectivity index (χ0n) is 10.2. The summed E-state index contributed by atoms with van der Waals surface area (Å²) >= 11 is 0. The highest BCUT2D eigenvalue weighted by Crippen LogP contribution is 2.47. The van der Waals surface area contributed by atoms with Gasteiger partial charge >= 0.3 is 0 Å². The van der Waals surface area contributed by atoms with Crippen molar-refractivity contribution in [1.29, 1.82) is 0 Å². The van der Waals surface area contributed by atoms with Crippen molar-refractivity contribution in [1.82, 2.24) is 0 Å². The molecule has 1 aromatic carbocycles. The molecule has 2 rings (SSSR count). The first-order valence-corrected chi connectivity index (χ1v) is 7.59. The highest BCUT2D eigenvalue weighted by molar-refractivity contribution is 7.91. The molecule has 0 saturated heterocycles. The van der Waals surface area contributed by atoms with E-state index in [4.69, 9.17) is 0 Å². The van der Waals surface area contributed by atoms with Gasteiger partial charge in [0.1, 0.15) is 0 Å². The number of ketones is 1. The quantitative estimate of drug-likeness (QED) is 0.820. The van der Waals surface area contributed by atoms with E-state index in [2.05, 4.69) is 0 Å². The molecule has 98 valence electrons. The third-order valence-corrected chi connectivity index (χ3v) is 5.24. The standard InChI is InChI=1S/C13H16O4S/c1-2-18(16,17)11-5-3-10(4-6-11)12(15)13(9-14)7-8-13/h3-6,14H,2,7-9H2,1H3. The van der Waals surface area contributed by atoms with Gasteiger partial charge in [0, 0.05) is 5.56 Å². The van der Waals surface area contributed by atoms with Crippen LogP contribution in [0.2, 0.25) is 0 Å². The van der Waals surface area contributed by atoms with E-state index in [9.17, 15) is 18.3 Å². The first-order chi connectivity index (χ1) is 8.45. The van der Waals surface area contributed by atoms with Crippen LogP contribution < -0.4 is 0 Å². The number of benzene rings is 1. The lowest BCUT2D eigenvalue weighted by atomic mass is 9.96. The summed E-state index contributed by atoms with van der Waals surface area (Å²) in [6, 6.07) is 5.97. The van der Waals surface area contributed by atoms with E-state index in [1.54, 1.807) is 6.92 Å². The van der Waals surface area contributed by atoms with Gasteiger partial charge in [-0.05, 0) is 25.0 Å². The molecule has 4 nitrogen and oxygen atoms in total. The van der Waals surface area contributed by atoms with Crippen LogP contribution in [0.1, 0.15) is 30.1 Å². The Morgan fingerprint density at radius 3 is 2.22 bits per heavy atom. The second-order valence-corrected chi connectivity index (χ2v) is 6.97. The highest BCUT2D eigenvalue weighted by atomic mass is 32.2. The maximum absolute atomic E-state index is 12.1. The molecule has 0 spiro atoms. The molecule has 5 heteroatoms. The molecule has 1 aliphatic rings. The predicted octanol–water partition coefficient (Wildman–Crippen LogP) is 1.44. The highest BCUT2D eigenvalue weighted by Gasteiger charge is 2.49. The van der Waals surface area contributed by atoms with Crippen LogP contribution in [0.15, 0.2) is 29.2 Å². The van der Waals surface area contributed by atoms with Crippen LogP contribution >= 0.6 is 0 Å². The van der Waals surface area contributed by atoms with Gasteiger partial charge in [-0.2, -0.15) is 0 Å². The van der Waals surface area contributed by atoms with Gasteiger partial charge in [0.25, 0.3) is 0 Å². The first-order valence-electron chi connectivity index (χ1n) is 5.94.